The fourth-order valence-corrected chi connectivity index (χ4v) is 0.965. The Labute approximate surface area is 75.6 Å². The van der Waals surface area contributed by atoms with Crippen molar-refractivity contribution in [3.63, 3.8) is 0 Å². The van der Waals surface area contributed by atoms with Gasteiger partial charge in [-0.25, -0.2) is 4.39 Å². The molecule has 0 amide bonds. The van der Waals surface area contributed by atoms with E-state index in [1.807, 2.05) is 0 Å². The summed E-state index contributed by atoms with van der Waals surface area (Å²) in [7, 11) is 0. The molecule has 1 radical (unpaired) electrons. The highest BCUT2D eigenvalue weighted by Crippen LogP contribution is 2.18. The van der Waals surface area contributed by atoms with Crippen LogP contribution in [0.1, 0.15) is 17.0 Å². The van der Waals surface area contributed by atoms with Gasteiger partial charge in [0.15, 0.2) is 0 Å². The second-order valence-corrected chi connectivity index (χ2v) is 2.70. The van der Waals surface area contributed by atoms with Crippen LogP contribution < -0.4 is 0 Å². The second-order valence-electron chi connectivity index (χ2n) is 2.70. The number of hydrogen-bond donors (Lipinski definition) is 0. The summed E-state index contributed by atoms with van der Waals surface area (Å²) in [5.74, 6) is -1.19. The smallest absolute Gasteiger partial charge is 0.141 e. The molecule has 0 aliphatic rings. The molecule has 0 aromatic heterocycles. The van der Waals surface area contributed by atoms with Crippen LogP contribution in [-0.2, 0) is 0 Å². The molecule has 0 heterocycles. The lowest BCUT2D eigenvalue weighted by Crippen LogP contribution is -1.97. The van der Waals surface area contributed by atoms with Crippen LogP contribution in [0.2, 0.25) is 0 Å². The van der Waals surface area contributed by atoms with Crippen molar-refractivity contribution in [3.05, 3.63) is 42.1 Å². The van der Waals surface area contributed by atoms with Crippen molar-refractivity contribution in [2.75, 3.05) is 6.67 Å². The van der Waals surface area contributed by atoms with Gasteiger partial charge in [0.05, 0.1) is 12.2 Å². The summed E-state index contributed by atoms with van der Waals surface area (Å²) in [4.78, 5) is 0. The topological polar surface area (TPSA) is 23.8 Å². The zero-order valence-electron chi connectivity index (χ0n) is 6.93. The van der Waals surface area contributed by atoms with Crippen molar-refractivity contribution in [1.29, 1.82) is 5.26 Å². The Morgan fingerprint density at radius 1 is 1.54 bits per heavy atom. The van der Waals surface area contributed by atoms with Gasteiger partial charge < -0.3 is 0 Å². The minimum atomic E-state index is -0.634. The Bertz CT molecular complexity index is 341. The molecule has 67 valence electrons. The predicted molar refractivity (Wildman–Crippen MR) is 45.2 cm³/mol. The van der Waals surface area contributed by atoms with Crippen LogP contribution in [0, 0.1) is 24.1 Å². The van der Waals surface area contributed by atoms with E-state index in [2.05, 4.69) is 6.92 Å². The fraction of sp³-hybridized carbons (Fsp3) is 0.200. The maximum Gasteiger partial charge on any atom is 0.141 e. The van der Waals surface area contributed by atoms with Gasteiger partial charge in [-0.05, 0) is 24.6 Å². The minimum Gasteiger partial charge on any atom is -0.250 e. The standard InChI is InChI=1S/C10H8F2N/c1-7(5-11)8-2-3-9(6-13)10(12)4-8/h2-4,7H,1,5H2. The molecule has 1 nitrogen and oxygen atoms in total. The van der Waals surface area contributed by atoms with Crippen molar-refractivity contribution < 1.29 is 8.78 Å². The quantitative estimate of drug-likeness (QED) is 0.686. The Morgan fingerprint density at radius 2 is 2.23 bits per heavy atom. The zero-order valence-corrected chi connectivity index (χ0v) is 6.93. The largest absolute Gasteiger partial charge is 0.250 e. The first kappa shape index (κ1) is 9.66. The van der Waals surface area contributed by atoms with Crippen molar-refractivity contribution >= 4 is 0 Å². The summed E-state index contributed by atoms with van der Waals surface area (Å²) in [6.45, 7) is 2.87. The van der Waals surface area contributed by atoms with Gasteiger partial charge in [-0.2, -0.15) is 5.26 Å². The third-order valence-electron chi connectivity index (χ3n) is 1.77. The molecule has 0 aliphatic carbocycles. The summed E-state index contributed by atoms with van der Waals surface area (Å²) in [5.41, 5.74) is 0.439. The molecule has 0 bridgehead atoms. The van der Waals surface area contributed by atoms with E-state index in [0.29, 0.717) is 5.56 Å². The van der Waals surface area contributed by atoms with E-state index in [4.69, 9.17) is 5.26 Å². The second kappa shape index (κ2) is 3.99. The van der Waals surface area contributed by atoms with E-state index in [1.54, 1.807) is 6.07 Å². The van der Waals surface area contributed by atoms with E-state index >= 15 is 0 Å². The molecule has 1 rings (SSSR count). The number of rotatable bonds is 2. The highest BCUT2D eigenvalue weighted by atomic mass is 19.1. The minimum absolute atomic E-state index is 0.0326. The van der Waals surface area contributed by atoms with E-state index in [1.165, 1.54) is 12.1 Å². The van der Waals surface area contributed by atoms with Gasteiger partial charge in [-0.1, -0.05) is 6.07 Å². The van der Waals surface area contributed by atoms with Crippen molar-refractivity contribution in [2.24, 2.45) is 0 Å². The first-order valence-corrected chi connectivity index (χ1v) is 3.77. The Hall–Kier alpha value is -1.43. The van der Waals surface area contributed by atoms with Crippen LogP contribution in [-0.4, -0.2) is 6.67 Å². The summed E-state index contributed by atoms with van der Waals surface area (Å²) >= 11 is 0. The summed E-state index contributed by atoms with van der Waals surface area (Å²) < 4.78 is 25.1. The Balaban J connectivity index is 3.04. The molecule has 0 aliphatic heterocycles. The van der Waals surface area contributed by atoms with Crippen molar-refractivity contribution in [3.8, 4) is 6.07 Å². The average molecular weight is 180 g/mol. The van der Waals surface area contributed by atoms with Gasteiger partial charge in [0.25, 0.3) is 0 Å². The van der Waals surface area contributed by atoms with Crippen LogP contribution in [0.4, 0.5) is 8.78 Å². The summed E-state index contributed by atoms with van der Waals surface area (Å²) in [5, 5.41) is 8.43. The number of benzene rings is 1. The number of hydrogen-bond acceptors (Lipinski definition) is 1. The number of halogens is 2. The van der Waals surface area contributed by atoms with Gasteiger partial charge in [0, 0.05) is 5.92 Å². The highest BCUT2D eigenvalue weighted by Gasteiger charge is 2.08. The lowest BCUT2D eigenvalue weighted by atomic mass is 10.0. The molecule has 0 fully saturated rings. The fourth-order valence-electron chi connectivity index (χ4n) is 0.965. The average Bonchev–Trinajstić information content (AvgIpc) is 2.16. The maximum atomic E-state index is 13.0. The first-order chi connectivity index (χ1) is 6.19. The zero-order chi connectivity index (χ0) is 9.84. The maximum absolute atomic E-state index is 13.0. The Kier molecular flexibility index (Phi) is 2.97. The van der Waals surface area contributed by atoms with E-state index in [9.17, 15) is 8.78 Å². The molecule has 13 heavy (non-hydrogen) atoms. The molecule has 1 unspecified atom stereocenters. The molecule has 1 aromatic carbocycles. The number of nitriles is 1. The van der Waals surface area contributed by atoms with Crippen LogP contribution in [0.5, 0.6) is 0 Å². The monoisotopic (exact) mass is 180 g/mol. The Morgan fingerprint density at radius 3 is 2.69 bits per heavy atom. The van der Waals surface area contributed by atoms with Crippen LogP contribution in [0.3, 0.4) is 0 Å². The molecular formula is C10H8F2N. The number of alkyl halides is 1. The van der Waals surface area contributed by atoms with Gasteiger partial charge in [-0.15, -0.1) is 0 Å². The number of nitrogens with zero attached hydrogens (tertiary/aromatic N) is 1. The molecule has 1 aromatic rings. The predicted octanol–water partition coefficient (Wildman–Crippen LogP) is 2.58. The molecule has 1 atom stereocenters. The third-order valence-corrected chi connectivity index (χ3v) is 1.77. The first-order valence-electron chi connectivity index (χ1n) is 3.77. The van der Waals surface area contributed by atoms with Crippen LogP contribution in [0.25, 0.3) is 0 Å². The summed E-state index contributed by atoms with van der Waals surface area (Å²) in [6, 6.07) is 5.68. The highest BCUT2D eigenvalue weighted by molar-refractivity contribution is 5.35. The van der Waals surface area contributed by atoms with Crippen molar-refractivity contribution in [1.82, 2.24) is 0 Å². The van der Waals surface area contributed by atoms with E-state index in [-0.39, 0.29) is 5.56 Å². The summed E-state index contributed by atoms with van der Waals surface area (Å²) in [6.07, 6.45) is 0. The van der Waals surface area contributed by atoms with Gasteiger partial charge >= 0.3 is 0 Å². The van der Waals surface area contributed by atoms with Crippen LogP contribution in [0.15, 0.2) is 18.2 Å². The van der Waals surface area contributed by atoms with Gasteiger partial charge in [0.1, 0.15) is 11.9 Å². The normalized spacial score (nSPS) is 12.2. The third kappa shape index (κ3) is 2.03. The van der Waals surface area contributed by atoms with E-state index < -0.39 is 18.4 Å². The molecular weight excluding hydrogens is 172 g/mol. The lowest BCUT2D eigenvalue weighted by molar-refractivity contribution is 0.464. The molecule has 0 saturated carbocycles. The molecule has 0 saturated heterocycles. The lowest BCUT2D eigenvalue weighted by Gasteiger charge is -2.06. The van der Waals surface area contributed by atoms with Crippen LogP contribution >= 0.6 is 0 Å². The molecule has 3 heteroatoms. The molecule has 0 spiro atoms. The van der Waals surface area contributed by atoms with Crippen molar-refractivity contribution in [2.45, 2.75) is 5.92 Å². The SMILES string of the molecule is [CH2]C(CF)c1ccc(C#N)c(F)c1. The van der Waals surface area contributed by atoms with E-state index in [0.717, 1.165) is 6.07 Å². The molecule has 0 N–H and O–H groups in total. The van der Waals surface area contributed by atoms with Gasteiger partial charge in [-0.3, -0.25) is 4.39 Å². The van der Waals surface area contributed by atoms with Gasteiger partial charge in [0.2, 0.25) is 0 Å².